The maximum absolute atomic E-state index is 12.9. The Morgan fingerprint density at radius 1 is 1.06 bits per heavy atom. The molecular weight excluding hydrogens is 438 g/mol. The van der Waals surface area contributed by atoms with Crippen molar-refractivity contribution in [2.45, 2.75) is 18.7 Å². The van der Waals surface area contributed by atoms with Gasteiger partial charge in [0.1, 0.15) is 11.5 Å². The number of amides is 1. The quantitative estimate of drug-likeness (QED) is 0.589. The Morgan fingerprint density at radius 3 is 2.45 bits per heavy atom. The molecule has 0 saturated heterocycles. The van der Waals surface area contributed by atoms with Crippen LogP contribution in [0.3, 0.4) is 0 Å². The van der Waals surface area contributed by atoms with Gasteiger partial charge in [-0.25, -0.2) is 13.6 Å². The number of carbonyl (C=O) groups is 1. The van der Waals surface area contributed by atoms with Crippen LogP contribution in [0, 0.1) is 6.92 Å². The summed E-state index contributed by atoms with van der Waals surface area (Å²) in [4.78, 5) is 12.9. The minimum absolute atomic E-state index is 0.0428. The van der Waals surface area contributed by atoms with Crippen molar-refractivity contribution in [1.82, 2.24) is 0 Å². The van der Waals surface area contributed by atoms with Crippen LogP contribution in [0.4, 0.5) is 5.69 Å². The van der Waals surface area contributed by atoms with Gasteiger partial charge in [-0.3, -0.25) is 4.79 Å². The maximum atomic E-state index is 12.9. The Bertz CT molecular complexity index is 1360. The summed E-state index contributed by atoms with van der Waals surface area (Å²) in [7, 11) is -3.82. The summed E-state index contributed by atoms with van der Waals surface area (Å²) in [5.74, 6) is 0.791. The van der Waals surface area contributed by atoms with E-state index in [1.54, 1.807) is 19.1 Å². The number of nitrogens with zero attached hydrogens (tertiary/aromatic N) is 2. The number of hydrogen-bond donors (Lipinski definition) is 1. The van der Waals surface area contributed by atoms with Gasteiger partial charge in [-0.2, -0.15) is 10.1 Å². The van der Waals surface area contributed by atoms with E-state index in [9.17, 15) is 13.2 Å². The van der Waals surface area contributed by atoms with Gasteiger partial charge in [0.05, 0.1) is 21.9 Å². The van der Waals surface area contributed by atoms with Crippen LogP contribution in [0.1, 0.15) is 18.2 Å². The molecule has 1 aromatic heterocycles. The molecule has 0 aliphatic carbocycles. The molecule has 0 atom stereocenters. The number of carbonyl (C=O) groups excluding carboxylic acids is 1. The van der Waals surface area contributed by atoms with Crippen molar-refractivity contribution in [2.75, 3.05) is 5.01 Å². The highest BCUT2D eigenvalue weighted by Crippen LogP contribution is 2.31. The van der Waals surface area contributed by atoms with E-state index in [0.29, 0.717) is 33.5 Å². The van der Waals surface area contributed by atoms with E-state index in [1.807, 2.05) is 31.2 Å². The largest absolute Gasteiger partial charge is 0.457 e. The number of primary sulfonamides is 1. The van der Waals surface area contributed by atoms with Crippen LogP contribution in [0.25, 0.3) is 17.4 Å². The fourth-order valence-electron chi connectivity index (χ4n) is 3.23. The molecule has 1 aliphatic heterocycles. The minimum atomic E-state index is -3.82. The number of hydrazone groups is 1. The molecule has 0 saturated carbocycles. The van der Waals surface area contributed by atoms with Crippen LogP contribution in [0.15, 0.2) is 74.6 Å². The maximum Gasteiger partial charge on any atom is 0.280 e. The van der Waals surface area contributed by atoms with Crippen molar-refractivity contribution in [3.8, 4) is 11.3 Å². The number of nitrogens with two attached hydrogens (primary N) is 1. The standard InChI is InChI=1S/C22H18ClN3O4S/c1-13-18(4-3-5-20(13)23)21-11-8-16(30-21)12-19-14(2)25-26(22(19)27)15-6-9-17(10-7-15)31(24,28)29/h3-12H,1-2H3,(H2,24,28,29). The van der Waals surface area contributed by atoms with E-state index < -0.39 is 10.0 Å². The number of furan rings is 1. The lowest BCUT2D eigenvalue weighted by molar-refractivity contribution is -0.114. The Kier molecular flexibility index (Phi) is 5.30. The summed E-state index contributed by atoms with van der Waals surface area (Å²) < 4.78 is 28.8. The van der Waals surface area contributed by atoms with Gasteiger partial charge in [-0.05, 0) is 68.0 Å². The van der Waals surface area contributed by atoms with Crippen molar-refractivity contribution in [3.05, 3.63) is 76.5 Å². The van der Waals surface area contributed by atoms with Gasteiger partial charge >= 0.3 is 0 Å². The molecule has 7 nitrogen and oxygen atoms in total. The minimum Gasteiger partial charge on any atom is -0.457 e. The lowest BCUT2D eigenvalue weighted by Gasteiger charge is -2.12. The summed E-state index contributed by atoms with van der Waals surface area (Å²) in [6.45, 7) is 3.63. The highest BCUT2D eigenvalue weighted by Gasteiger charge is 2.29. The van der Waals surface area contributed by atoms with E-state index in [0.717, 1.165) is 11.1 Å². The van der Waals surface area contributed by atoms with Gasteiger partial charge in [0.15, 0.2) is 0 Å². The molecule has 9 heteroatoms. The summed E-state index contributed by atoms with van der Waals surface area (Å²) in [5.41, 5.74) is 3.09. The first-order chi connectivity index (χ1) is 14.6. The second-order valence-electron chi connectivity index (χ2n) is 7.01. The van der Waals surface area contributed by atoms with Crippen LogP contribution in [0.5, 0.6) is 0 Å². The van der Waals surface area contributed by atoms with Gasteiger partial charge in [0, 0.05) is 10.6 Å². The summed E-state index contributed by atoms with van der Waals surface area (Å²) in [5, 5.41) is 11.3. The first kappa shape index (κ1) is 21.0. The Balaban J connectivity index is 1.62. The summed E-state index contributed by atoms with van der Waals surface area (Å²) in [6, 6.07) is 14.8. The average Bonchev–Trinajstić information content (AvgIpc) is 3.30. The molecule has 31 heavy (non-hydrogen) atoms. The lowest BCUT2D eigenvalue weighted by atomic mass is 10.1. The van der Waals surface area contributed by atoms with Crippen LogP contribution in [-0.4, -0.2) is 20.0 Å². The van der Waals surface area contributed by atoms with E-state index in [2.05, 4.69) is 5.10 Å². The third kappa shape index (κ3) is 4.05. The number of hydrogen-bond acceptors (Lipinski definition) is 5. The fourth-order valence-corrected chi connectivity index (χ4v) is 3.92. The second-order valence-corrected chi connectivity index (χ2v) is 8.98. The molecule has 4 rings (SSSR count). The molecule has 3 aromatic rings. The first-order valence-corrected chi connectivity index (χ1v) is 11.2. The topological polar surface area (TPSA) is 106 Å². The summed E-state index contributed by atoms with van der Waals surface area (Å²) in [6.07, 6.45) is 1.63. The average molecular weight is 456 g/mol. The van der Waals surface area contributed by atoms with Crippen LogP contribution in [-0.2, 0) is 14.8 Å². The highest BCUT2D eigenvalue weighted by molar-refractivity contribution is 7.89. The second kappa shape index (κ2) is 7.81. The molecule has 0 unspecified atom stereocenters. The van der Waals surface area contributed by atoms with Gasteiger partial charge in [-0.15, -0.1) is 0 Å². The number of anilines is 1. The zero-order valence-electron chi connectivity index (χ0n) is 16.7. The zero-order chi connectivity index (χ0) is 22.3. The van der Waals surface area contributed by atoms with Crippen molar-refractivity contribution < 1.29 is 17.6 Å². The third-order valence-corrected chi connectivity index (χ3v) is 6.26. The molecule has 0 radical (unpaired) electrons. The molecule has 0 bridgehead atoms. The van der Waals surface area contributed by atoms with Crippen molar-refractivity contribution >= 4 is 45.0 Å². The Morgan fingerprint density at radius 2 is 1.77 bits per heavy atom. The predicted molar refractivity (Wildman–Crippen MR) is 120 cm³/mol. The van der Waals surface area contributed by atoms with Gasteiger partial charge in [0.2, 0.25) is 10.0 Å². The predicted octanol–water partition coefficient (Wildman–Crippen LogP) is 4.36. The lowest BCUT2D eigenvalue weighted by Crippen LogP contribution is -2.21. The highest BCUT2D eigenvalue weighted by atomic mass is 35.5. The van der Waals surface area contributed by atoms with Crippen molar-refractivity contribution in [1.29, 1.82) is 0 Å². The molecule has 2 aromatic carbocycles. The van der Waals surface area contributed by atoms with E-state index >= 15 is 0 Å². The number of benzene rings is 2. The molecular formula is C22H18ClN3O4S. The Labute approximate surface area is 184 Å². The monoisotopic (exact) mass is 455 g/mol. The van der Waals surface area contributed by atoms with E-state index in [-0.39, 0.29) is 10.8 Å². The van der Waals surface area contributed by atoms with E-state index in [4.69, 9.17) is 21.2 Å². The molecule has 2 heterocycles. The SMILES string of the molecule is CC1=NN(c2ccc(S(N)(=O)=O)cc2)C(=O)C1=Cc1ccc(-c2cccc(Cl)c2C)o1. The smallest absolute Gasteiger partial charge is 0.280 e. The number of rotatable bonds is 4. The zero-order valence-corrected chi connectivity index (χ0v) is 18.2. The first-order valence-electron chi connectivity index (χ1n) is 9.25. The normalized spacial score (nSPS) is 15.6. The van der Waals surface area contributed by atoms with Gasteiger partial charge in [0.25, 0.3) is 5.91 Å². The molecule has 2 N–H and O–H groups in total. The van der Waals surface area contributed by atoms with E-state index in [1.165, 1.54) is 29.3 Å². The van der Waals surface area contributed by atoms with Crippen LogP contribution >= 0.6 is 11.6 Å². The molecule has 158 valence electrons. The number of sulfonamides is 1. The molecule has 0 spiro atoms. The summed E-state index contributed by atoms with van der Waals surface area (Å²) >= 11 is 6.20. The van der Waals surface area contributed by atoms with Crippen LogP contribution in [0.2, 0.25) is 5.02 Å². The molecule has 0 fully saturated rings. The molecule has 1 amide bonds. The van der Waals surface area contributed by atoms with Crippen molar-refractivity contribution in [3.63, 3.8) is 0 Å². The molecule has 1 aliphatic rings. The van der Waals surface area contributed by atoms with Crippen molar-refractivity contribution in [2.24, 2.45) is 10.2 Å². The number of halogens is 1. The van der Waals surface area contributed by atoms with Crippen LogP contribution < -0.4 is 10.1 Å². The van der Waals surface area contributed by atoms with Gasteiger partial charge in [-0.1, -0.05) is 23.7 Å². The third-order valence-electron chi connectivity index (χ3n) is 4.92. The van der Waals surface area contributed by atoms with Gasteiger partial charge < -0.3 is 4.42 Å². The fraction of sp³-hybridized carbons (Fsp3) is 0.0909. The Hall–Kier alpha value is -3.20.